The van der Waals surface area contributed by atoms with Gasteiger partial charge in [0.25, 0.3) is 0 Å². The summed E-state index contributed by atoms with van der Waals surface area (Å²) in [6.07, 6.45) is 2.64. The lowest BCUT2D eigenvalue weighted by Crippen LogP contribution is -2.56. The first kappa shape index (κ1) is 11.7. The van der Waals surface area contributed by atoms with Gasteiger partial charge in [-0.15, -0.1) is 0 Å². The van der Waals surface area contributed by atoms with Gasteiger partial charge in [0, 0.05) is 25.2 Å². The molecule has 0 aliphatic carbocycles. The van der Waals surface area contributed by atoms with Gasteiger partial charge in [0.1, 0.15) is 0 Å². The van der Waals surface area contributed by atoms with Gasteiger partial charge in [0.05, 0.1) is 6.10 Å². The summed E-state index contributed by atoms with van der Waals surface area (Å²) in [5.74, 6) is 0. The molecule has 2 fully saturated rings. The molecule has 0 aromatic rings. The Hall–Kier alpha value is -0.810. The predicted octanol–water partition coefficient (Wildman–Crippen LogP) is -0.0969. The predicted molar refractivity (Wildman–Crippen MR) is 61.2 cm³/mol. The van der Waals surface area contributed by atoms with Gasteiger partial charge in [-0.3, -0.25) is 4.90 Å². The molecule has 3 N–H and O–H groups in total. The van der Waals surface area contributed by atoms with Crippen molar-refractivity contribution in [2.75, 3.05) is 19.6 Å². The van der Waals surface area contributed by atoms with Crippen molar-refractivity contribution in [1.29, 1.82) is 0 Å². The minimum absolute atomic E-state index is 0.0795. The van der Waals surface area contributed by atoms with Crippen LogP contribution >= 0.6 is 0 Å². The fraction of sp³-hybridized carbons (Fsp3) is 0.909. The van der Waals surface area contributed by atoms with Crippen molar-refractivity contribution in [3.8, 4) is 0 Å². The summed E-state index contributed by atoms with van der Waals surface area (Å²) in [5.41, 5.74) is 0. The highest BCUT2D eigenvalue weighted by Crippen LogP contribution is 2.27. The third kappa shape index (κ3) is 2.47. The lowest BCUT2D eigenvalue weighted by atomic mass is 9.96. The Labute approximate surface area is 96.2 Å². The summed E-state index contributed by atoms with van der Waals surface area (Å²) < 4.78 is 0. The molecule has 2 amide bonds. The van der Waals surface area contributed by atoms with Gasteiger partial charge >= 0.3 is 6.03 Å². The van der Waals surface area contributed by atoms with Crippen LogP contribution in [-0.4, -0.2) is 53.9 Å². The van der Waals surface area contributed by atoms with Crippen molar-refractivity contribution in [3.63, 3.8) is 0 Å². The smallest absolute Gasteiger partial charge is 0.315 e. The zero-order chi connectivity index (χ0) is 11.5. The van der Waals surface area contributed by atoms with E-state index in [1.807, 2.05) is 6.92 Å². The van der Waals surface area contributed by atoms with Crippen LogP contribution in [0, 0.1) is 0 Å². The maximum absolute atomic E-state index is 11.4. The molecule has 2 rings (SSSR count). The molecule has 5 nitrogen and oxygen atoms in total. The van der Waals surface area contributed by atoms with Crippen molar-refractivity contribution < 1.29 is 9.90 Å². The molecule has 0 bridgehead atoms. The molecule has 2 aliphatic rings. The summed E-state index contributed by atoms with van der Waals surface area (Å²) in [5, 5.41) is 15.6. The van der Waals surface area contributed by atoms with E-state index in [0.717, 1.165) is 25.9 Å². The zero-order valence-electron chi connectivity index (χ0n) is 9.78. The minimum atomic E-state index is -0.289. The topological polar surface area (TPSA) is 64.6 Å². The first-order valence-electron chi connectivity index (χ1n) is 6.17. The maximum Gasteiger partial charge on any atom is 0.315 e. The van der Waals surface area contributed by atoms with Crippen molar-refractivity contribution in [1.82, 2.24) is 15.5 Å². The molecule has 2 aliphatic heterocycles. The Morgan fingerprint density at radius 1 is 1.56 bits per heavy atom. The second-order valence-corrected chi connectivity index (χ2v) is 4.71. The number of aliphatic hydroxyl groups is 1. The molecular weight excluding hydrogens is 206 g/mol. The van der Waals surface area contributed by atoms with Crippen LogP contribution < -0.4 is 10.6 Å². The Morgan fingerprint density at radius 3 is 3.12 bits per heavy atom. The van der Waals surface area contributed by atoms with E-state index in [-0.39, 0.29) is 18.2 Å². The maximum atomic E-state index is 11.4. The van der Waals surface area contributed by atoms with Crippen LogP contribution in [0.25, 0.3) is 0 Å². The molecule has 16 heavy (non-hydrogen) atoms. The van der Waals surface area contributed by atoms with Crippen LogP contribution in [0.2, 0.25) is 0 Å². The average Bonchev–Trinajstić information content (AvgIpc) is 2.66. The van der Waals surface area contributed by atoms with E-state index in [4.69, 9.17) is 0 Å². The molecular formula is C11H21N3O2. The van der Waals surface area contributed by atoms with E-state index < -0.39 is 0 Å². The standard InChI is InChI=1S/C11H21N3O2/c1-2-12-11(16)13-8-6-10(15)9-4-3-5-14(9)7-8/h8-10,15H,2-7H2,1H3,(H2,12,13,16). The SMILES string of the molecule is CCNC(=O)NC1CC(O)C2CCCN2C1. The number of aliphatic hydroxyl groups excluding tert-OH is 1. The highest BCUT2D eigenvalue weighted by molar-refractivity contribution is 5.74. The number of hydrogen-bond donors (Lipinski definition) is 3. The molecule has 0 spiro atoms. The number of carbonyl (C=O) groups excluding carboxylic acids is 1. The first-order valence-corrected chi connectivity index (χ1v) is 6.17. The van der Waals surface area contributed by atoms with Gasteiger partial charge in [0.15, 0.2) is 0 Å². The van der Waals surface area contributed by atoms with E-state index in [2.05, 4.69) is 15.5 Å². The number of fused-ring (bicyclic) bond motifs is 1. The lowest BCUT2D eigenvalue weighted by molar-refractivity contribution is 0.0202. The van der Waals surface area contributed by atoms with E-state index in [0.29, 0.717) is 19.0 Å². The van der Waals surface area contributed by atoms with Crippen LogP contribution in [0.15, 0.2) is 0 Å². The third-order valence-electron chi connectivity index (χ3n) is 3.51. The largest absolute Gasteiger partial charge is 0.391 e. The fourth-order valence-corrected chi connectivity index (χ4v) is 2.82. The molecule has 2 heterocycles. The highest BCUT2D eigenvalue weighted by Gasteiger charge is 2.38. The lowest BCUT2D eigenvalue weighted by Gasteiger charge is -2.38. The van der Waals surface area contributed by atoms with E-state index in [9.17, 15) is 9.90 Å². The van der Waals surface area contributed by atoms with Gasteiger partial charge in [-0.25, -0.2) is 4.79 Å². The number of rotatable bonds is 2. The van der Waals surface area contributed by atoms with E-state index >= 15 is 0 Å². The molecule has 2 saturated heterocycles. The molecule has 0 aromatic carbocycles. The second kappa shape index (κ2) is 5.01. The molecule has 3 atom stereocenters. The van der Waals surface area contributed by atoms with Crippen molar-refractivity contribution in [2.45, 2.75) is 44.4 Å². The van der Waals surface area contributed by atoms with Crippen molar-refractivity contribution in [3.05, 3.63) is 0 Å². The molecule has 3 unspecified atom stereocenters. The van der Waals surface area contributed by atoms with Crippen LogP contribution in [0.1, 0.15) is 26.2 Å². The Morgan fingerprint density at radius 2 is 2.38 bits per heavy atom. The number of carbonyl (C=O) groups is 1. The van der Waals surface area contributed by atoms with Crippen molar-refractivity contribution in [2.24, 2.45) is 0 Å². The van der Waals surface area contributed by atoms with Crippen LogP contribution in [0.5, 0.6) is 0 Å². The zero-order valence-corrected chi connectivity index (χ0v) is 9.78. The number of amides is 2. The summed E-state index contributed by atoms with van der Waals surface area (Å²) in [6, 6.07) is 0.278. The summed E-state index contributed by atoms with van der Waals surface area (Å²) in [6.45, 7) is 4.45. The van der Waals surface area contributed by atoms with Gasteiger partial charge < -0.3 is 15.7 Å². The first-order chi connectivity index (χ1) is 7.70. The number of hydrogen-bond acceptors (Lipinski definition) is 3. The number of nitrogens with one attached hydrogen (secondary N) is 2. The van der Waals surface area contributed by atoms with Crippen LogP contribution in [0.3, 0.4) is 0 Å². The van der Waals surface area contributed by atoms with Gasteiger partial charge in [-0.1, -0.05) is 0 Å². The van der Waals surface area contributed by atoms with Gasteiger partial charge in [0.2, 0.25) is 0 Å². The number of urea groups is 1. The number of nitrogens with zero attached hydrogens (tertiary/aromatic N) is 1. The Kier molecular flexibility index (Phi) is 3.66. The van der Waals surface area contributed by atoms with Crippen LogP contribution in [0.4, 0.5) is 4.79 Å². The monoisotopic (exact) mass is 227 g/mol. The number of piperidine rings is 1. The Bertz CT molecular complexity index is 260. The van der Waals surface area contributed by atoms with Gasteiger partial charge in [-0.05, 0) is 32.7 Å². The van der Waals surface area contributed by atoms with Gasteiger partial charge in [-0.2, -0.15) is 0 Å². The van der Waals surface area contributed by atoms with Crippen molar-refractivity contribution >= 4 is 6.03 Å². The molecule has 0 aromatic heterocycles. The minimum Gasteiger partial charge on any atom is -0.391 e. The molecule has 0 radical (unpaired) electrons. The second-order valence-electron chi connectivity index (χ2n) is 4.71. The third-order valence-corrected chi connectivity index (χ3v) is 3.51. The average molecular weight is 227 g/mol. The fourth-order valence-electron chi connectivity index (χ4n) is 2.82. The van der Waals surface area contributed by atoms with E-state index in [1.54, 1.807) is 0 Å². The molecule has 5 heteroatoms. The van der Waals surface area contributed by atoms with E-state index in [1.165, 1.54) is 0 Å². The molecule has 92 valence electrons. The van der Waals surface area contributed by atoms with Crippen LogP contribution in [-0.2, 0) is 0 Å². The summed E-state index contributed by atoms with van der Waals surface area (Å²) in [7, 11) is 0. The quantitative estimate of drug-likeness (QED) is 0.617. The summed E-state index contributed by atoms with van der Waals surface area (Å²) >= 11 is 0. The normalized spacial score (nSPS) is 34.5. The Balaban J connectivity index is 1.86. The molecule has 0 saturated carbocycles. The summed E-state index contributed by atoms with van der Waals surface area (Å²) in [4.78, 5) is 13.7. The highest BCUT2D eigenvalue weighted by atomic mass is 16.3.